The molecule has 2 aliphatic rings. The zero-order valence-corrected chi connectivity index (χ0v) is 14.7. The molecule has 0 saturated heterocycles. The van der Waals surface area contributed by atoms with E-state index < -0.39 is 13.1 Å². The third-order valence-electron chi connectivity index (χ3n) is 5.36. The van der Waals surface area contributed by atoms with Crippen LogP contribution < -0.4 is 10.4 Å². The van der Waals surface area contributed by atoms with Gasteiger partial charge in [-0.1, -0.05) is 17.7 Å². The van der Waals surface area contributed by atoms with Crippen molar-refractivity contribution in [3.05, 3.63) is 41.0 Å². The number of benzene rings is 1. The maximum absolute atomic E-state index is 12.4. The van der Waals surface area contributed by atoms with Gasteiger partial charge >= 0.3 is 13.1 Å². The Hall–Kier alpha value is -2.12. The third kappa shape index (κ3) is 4.16. The van der Waals surface area contributed by atoms with Crippen LogP contribution in [0.3, 0.4) is 0 Å². The molecule has 1 fully saturated rings. The minimum absolute atomic E-state index is 0.0170. The van der Waals surface area contributed by atoms with Gasteiger partial charge in [-0.05, 0) is 62.3 Å². The average Bonchev–Trinajstić information content (AvgIpc) is 2.62. The van der Waals surface area contributed by atoms with E-state index in [2.05, 4.69) is 0 Å². The Labute approximate surface area is 153 Å². The van der Waals surface area contributed by atoms with Crippen molar-refractivity contribution in [1.82, 2.24) is 0 Å². The maximum atomic E-state index is 12.4. The first-order valence-corrected chi connectivity index (χ1v) is 9.10. The second-order valence-corrected chi connectivity index (χ2v) is 7.22. The molecule has 0 radical (unpaired) electrons. The molecule has 0 spiro atoms. The van der Waals surface area contributed by atoms with Crippen molar-refractivity contribution < 1.29 is 24.4 Å². The number of para-hydroxylation sites is 1. The fourth-order valence-electron chi connectivity index (χ4n) is 3.80. The quantitative estimate of drug-likeness (QED) is 0.551. The lowest BCUT2D eigenvalue weighted by Gasteiger charge is -2.28. The Balaban J connectivity index is 1.65. The Morgan fingerprint density at radius 1 is 1.31 bits per heavy atom. The number of rotatable bonds is 5. The standard InChI is InChI=1S/C19H24BNO5/c21-11-13-6-4-12(5-7-13)8-16(22)10-15-9-14-2-1-3-17(19(23)24)18(14)26-20(15)25/h1-3,8,13,15,25H,4-7,9-11,21H2,(H,23,24)/t13?,15-/m1/s1. The monoisotopic (exact) mass is 357 g/mol. The molecule has 1 heterocycles. The minimum Gasteiger partial charge on any atom is -0.535 e. The fourth-order valence-corrected chi connectivity index (χ4v) is 3.80. The lowest BCUT2D eigenvalue weighted by molar-refractivity contribution is -0.114. The van der Waals surface area contributed by atoms with Crippen LogP contribution >= 0.6 is 0 Å². The van der Waals surface area contributed by atoms with Gasteiger partial charge in [-0.2, -0.15) is 0 Å². The van der Waals surface area contributed by atoms with Gasteiger partial charge in [-0.15, -0.1) is 0 Å². The Kier molecular flexibility index (Phi) is 5.78. The van der Waals surface area contributed by atoms with E-state index >= 15 is 0 Å². The number of allylic oxidation sites excluding steroid dienone is 2. The van der Waals surface area contributed by atoms with E-state index in [0.717, 1.165) is 31.3 Å². The van der Waals surface area contributed by atoms with E-state index in [1.54, 1.807) is 18.2 Å². The van der Waals surface area contributed by atoms with Crippen LogP contribution in [0.4, 0.5) is 0 Å². The molecule has 138 valence electrons. The van der Waals surface area contributed by atoms with Crippen LogP contribution in [-0.2, 0) is 11.2 Å². The molecular formula is C19H24BNO5. The van der Waals surface area contributed by atoms with Gasteiger partial charge in [0.25, 0.3) is 0 Å². The second kappa shape index (κ2) is 8.06. The van der Waals surface area contributed by atoms with Gasteiger partial charge in [0.2, 0.25) is 0 Å². The van der Waals surface area contributed by atoms with Crippen LogP contribution in [0.1, 0.15) is 48.0 Å². The number of nitrogens with two attached hydrogens (primary N) is 1. The summed E-state index contributed by atoms with van der Waals surface area (Å²) in [5.41, 5.74) is 7.59. The van der Waals surface area contributed by atoms with Crippen LogP contribution in [0, 0.1) is 5.92 Å². The highest BCUT2D eigenvalue weighted by Crippen LogP contribution is 2.36. The molecule has 6 nitrogen and oxygen atoms in total. The van der Waals surface area contributed by atoms with Gasteiger partial charge in [-0.25, -0.2) is 4.79 Å². The second-order valence-electron chi connectivity index (χ2n) is 7.22. The maximum Gasteiger partial charge on any atom is 0.526 e. The molecule has 1 aromatic rings. The summed E-state index contributed by atoms with van der Waals surface area (Å²) < 4.78 is 5.44. The molecule has 7 heteroatoms. The van der Waals surface area contributed by atoms with Gasteiger partial charge < -0.3 is 20.5 Å². The van der Waals surface area contributed by atoms with Gasteiger partial charge in [0, 0.05) is 12.2 Å². The largest absolute Gasteiger partial charge is 0.535 e. The lowest BCUT2D eigenvalue weighted by atomic mass is 9.64. The molecule has 0 aromatic heterocycles. The SMILES string of the molecule is NCC1CCC(=CC(=O)C[C@H]2Cc3cccc(C(=O)O)c3OB2O)CC1. The van der Waals surface area contributed by atoms with E-state index in [1.807, 2.05) is 0 Å². The predicted molar refractivity (Wildman–Crippen MR) is 98.2 cm³/mol. The van der Waals surface area contributed by atoms with Gasteiger partial charge in [0.15, 0.2) is 5.78 Å². The van der Waals surface area contributed by atoms with Crippen molar-refractivity contribution in [2.45, 2.75) is 44.3 Å². The molecule has 1 saturated carbocycles. The van der Waals surface area contributed by atoms with Crippen molar-refractivity contribution in [1.29, 1.82) is 0 Å². The molecule has 3 rings (SSSR count). The van der Waals surface area contributed by atoms with E-state index in [0.29, 0.717) is 24.4 Å². The number of carboxylic acids is 1. The molecule has 4 N–H and O–H groups in total. The lowest BCUT2D eigenvalue weighted by Crippen LogP contribution is -2.35. The van der Waals surface area contributed by atoms with Crippen LogP contribution in [0.2, 0.25) is 5.82 Å². The minimum atomic E-state index is -1.18. The van der Waals surface area contributed by atoms with E-state index in [-0.39, 0.29) is 29.3 Å². The smallest absolute Gasteiger partial charge is 0.526 e. The first kappa shape index (κ1) is 18.7. The van der Waals surface area contributed by atoms with Crippen molar-refractivity contribution >= 4 is 18.9 Å². The average molecular weight is 357 g/mol. The van der Waals surface area contributed by atoms with Crippen LogP contribution in [0.15, 0.2) is 29.8 Å². The highest BCUT2D eigenvalue weighted by Gasteiger charge is 2.37. The van der Waals surface area contributed by atoms with Crippen molar-refractivity contribution in [2.75, 3.05) is 6.54 Å². The van der Waals surface area contributed by atoms with E-state index in [4.69, 9.17) is 10.4 Å². The first-order valence-electron chi connectivity index (χ1n) is 9.10. The summed E-state index contributed by atoms with van der Waals surface area (Å²) in [6.45, 7) is 0.699. The number of carbonyl (C=O) groups excluding carboxylic acids is 1. The highest BCUT2D eigenvalue weighted by molar-refractivity contribution is 6.47. The third-order valence-corrected chi connectivity index (χ3v) is 5.36. The van der Waals surface area contributed by atoms with Crippen LogP contribution in [-0.4, -0.2) is 35.5 Å². The number of carboxylic acid groups (broad SMARTS) is 1. The Bertz CT molecular complexity index is 723. The molecular weight excluding hydrogens is 333 g/mol. The summed E-state index contributed by atoms with van der Waals surface area (Å²) in [7, 11) is -1.18. The zero-order chi connectivity index (χ0) is 18.7. The number of fused-ring (bicyclic) bond motifs is 1. The topological polar surface area (TPSA) is 110 Å². The molecule has 1 atom stereocenters. The first-order chi connectivity index (χ1) is 12.5. The van der Waals surface area contributed by atoms with Crippen molar-refractivity contribution in [3.63, 3.8) is 0 Å². The Morgan fingerprint density at radius 2 is 2.04 bits per heavy atom. The van der Waals surface area contributed by atoms with Crippen molar-refractivity contribution in [3.8, 4) is 5.75 Å². The number of aromatic carboxylic acids is 1. The summed E-state index contributed by atoms with van der Waals surface area (Å²) in [4.78, 5) is 23.7. The van der Waals surface area contributed by atoms with Gasteiger partial charge in [-0.3, -0.25) is 4.79 Å². The fraction of sp³-hybridized carbons (Fsp3) is 0.474. The summed E-state index contributed by atoms with van der Waals surface area (Å²) in [6, 6.07) is 4.87. The van der Waals surface area contributed by atoms with Gasteiger partial charge in [0.05, 0.1) is 5.56 Å². The normalized spacial score (nSPS) is 22.4. The number of hydrogen-bond acceptors (Lipinski definition) is 5. The molecule has 0 amide bonds. The molecule has 26 heavy (non-hydrogen) atoms. The molecule has 1 aromatic carbocycles. The molecule has 1 aliphatic heterocycles. The summed E-state index contributed by atoms with van der Waals surface area (Å²) in [6.07, 6.45) is 6.17. The van der Waals surface area contributed by atoms with Gasteiger partial charge in [0.1, 0.15) is 5.75 Å². The molecule has 0 unspecified atom stereocenters. The summed E-state index contributed by atoms with van der Waals surface area (Å²) in [5.74, 6) is -0.736. The number of carbonyl (C=O) groups is 2. The highest BCUT2D eigenvalue weighted by atomic mass is 16.5. The predicted octanol–water partition coefficient (Wildman–Crippen LogP) is 2.20. The zero-order valence-electron chi connectivity index (χ0n) is 14.7. The summed E-state index contributed by atoms with van der Waals surface area (Å²) >= 11 is 0. The van der Waals surface area contributed by atoms with Crippen LogP contribution in [0.25, 0.3) is 0 Å². The number of ketones is 1. The Morgan fingerprint density at radius 3 is 2.69 bits per heavy atom. The number of hydrogen-bond donors (Lipinski definition) is 3. The molecule has 0 bridgehead atoms. The summed E-state index contributed by atoms with van der Waals surface area (Å²) in [5, 5.41) is 19.5. The van der Waals surface area contributed by atoms with Crippen LogP contribution in [0.5, 0.6) is 5.75 Å². The van der Waals surface area contributed by atoms with E-state index in [9.17, 15) is 19.7 Å². The molecule has 1 aliphatic carbocycles. The van der Waals surface area contributed by atoms with Crippen molar-refractivity contribution in [2.24, 2.45) is 11.7 Å². The van der Waals surface area contributed by atoms with E-state index in [1.165, 1.54) is 6.07 Å².